The molecule has 122 valence electrons. The first kappa shape index (κ1) is 16.0. The zero-order chi connectivity index (χ0) is 17.1. The molecule has 1 atom stereocenters. The fourth-order valence-electron chi connectivity index (χ4n) is 2.72. The molecule has 0 bridgehead atoms. The molecule has 0 aliphatic carbocycles. The van der Waals surface area contributed by atoms with Crippen molar-refractivity contribution < 1.29 is 14.6 Å². The molecule has 0 radical (unpaired) electrons. The SMILES string of the molecule is COc1c(C(=O)Nc2cccc(C(C)O)c2)ccc2ccccc12. The average molecular weight is 321 g/mol. The zero-order valence-electron chi connectivity index (χ0n) is 13.6. The third kappa shape index (κ3) is 3.09. The van der Waals surface area contributed by atoms with Crippen molar-refractivity contribution in [1.82, 2.24) is 0 Å². The van der Waals surface area contributed by atoms with Crippen molar-refractivity contribution in [2.45, 2.75) is 13.0 Å². The van der Waals surface area contributed by atoms with E-state index in [0.717, 1.165) is 16.3 Å². The number of carbonyl (C=O) groups excluding carboxylic acids is 1. The Morgan fingerprint density at radius 1 is 1.08 bits per heavy atom. The van der Waals surface area contributed by atoms with Gasteiger partial charge in [-0.05, 0) is 36.1 Å². The van der Waals surface area contributed by atoms with E-state index in [1.165, 1.54) is 0 Å². The van der Waals surface area contributed by atoms with Crippen molar-refractivity contribution in [3.05, 3.63) is 71.8 Å². The van der Waals surface area contributed by atoms with E-state index in [2.05, 4.69) is 5.32 Å². The molecule has 4 nitrogen and oxygen atoms in total. The lowest BCUT2D eigenvalue weighted by Crippen LogP contribution is -2.13. The summed E-state index contributed by atoms with van der Waals surface area (Å²) in [4.78, 5) is 12.7. The van der Waals surface area contributed by atoms with Crippen LogP contribution in [0, 0.1) is 0 Å². The maximum absolute atomic E-state index is 12.7. The van der Waals surface area contributed by atoms with Crippen LogP contribution in [0.5, 0.6) is 5.75 Å². The van der Waals surface area contributed by atoms with E-state index in [0.29, 0.717) is 17.0 Å². The van der Waals surface area contributed by atoms with E-state index in [9.17, 15) is 9.90 Å². The standard InChI is InChI=1S/C20H19NO3/c1-13(22)15-7-5-8-16(12-15)21-20(23)18-11-10-14-6-3-4-9-17(14)19(18)24-2/h3-13,22H,1-2H3,(H,21,23). The van der Waals surface area contributed by atoms with Gasteiger partial charge in [0.1, 0.15) is 5.75 Å². The molecule has 0 aromatic heterocycles. The predicted octanol–water partition coefficient (Wildman–Crippen LogP) is 4.15. The van der Waals surface area contributed by atoms with Crippen LogP contribution in [0.1, 0.15) is 28.9 Å². The summed E-state index contributed by atoms with van der Waals surface area (Å²) in [5.74, 6) is 0.303. The minimum atomic E-state index is -0.586. The summed E-state index contributed by atoms with van der Waals surface area (Å²) in [5.41, 5.74) is 1.85. The number of anilines is 1. The van der Waals surface area contributed by atoms with E-state index in [1.807, 2.05) is 36.4 Å². The predicted molar refractivity (Wildman–Crippen MR) is 95.5 cm³/mol. The van der Waals surface area contributed by atoms with Crippen molar-refractivity contribution >= 4 is 22.4 Å². The summed E-state index contributed by atoms with van der Waals surface area (Å²) in [6.45, 7) is 1.69. The van der Waals surface area contributed by atoms with Gasteiger partial charge in [-0.3, -0.25) is 4.79 Å². The molecule has 0 saturated carbocycles. The third-order valence-electron chi connectivity index (χ3n) is 3.96. The number of aliphatic hydroxyl groups excluding tert-OH is 1. The van der Waals surface area contributed by atoms with Gasteiger partial charge in [0.15, 0.2) is 0 Å². The van der Waals surface area contributed by atoms with Gasteiger partial charge in [0.2, 0.25) is 0 Å². The average Bonchev–Trinajstić information content (AvgIpc) is 2.60. The van der Waals surface area contributed by atoms with Crippen molar-refractivity contribution in [3.63, 3.8) is 0 Å². The summed E-state index contributed by atoms with van der Waals surface area (Å²) in [6.07, 6.45) is -0.586. The van der Waals surface area contributed by atoms with Gasteiger partial charge in [-0.25, -0.2) is 0 Å². The Hall–Kier alpha value is -2.85. The Morgan fingerprint density at radius 2 is 1.88 bits per heavy atom. The Balaban J connectivity index is 1.95. The molecule has 0 saturated heterocycles. The van der Waals surface area contributed by atoms with Crippen LogP contribution >= 0.6 is 0 Å². The van der Waals surface area contributed by atoms with Gasteiger partial charge >= 0.3 is 0 Å². The fraction of sp³-hybridized carbons (Fsp3) is 0.150. The fourth-order valence-corrected chi connectivity index (χ4v) is 2.72. The molecule has 3 aromatic rings. The number of nitrogens with one attached hydrogen (secondary N) is 1. The molecule has 0 aliphatic heterocycles. The molecule has 0 heterocycles. The molecule has 2 N–H and O–H groups in total. The highest BCUT2D eigenvalue weighted by molar-refractivity contribution is 6.10. The molecular formula is C20H19NO3. The Morgan fingerprint density at radius 3 is 2.62 bits per heavy atom. The van der Waals surface area contributed by atoms with Gasteiger partial charge in [-0.1, -0.05) is 42.5 Å². The summed E-state index contributed by atoms with van der Waals surface area (Å²) in [6, 6.07) is 18.6. The Kier molecular flexibility index (Phi) is 4.49. The minimum Gasteiger partial charge on any atom is -0.495 e. The van der Waals surface area contributed by atoms with Crippen molar-refractivity contribution in [2.75, 3.05) is 12.4 Å². The van der Waals surface area contributed by atoms with Crippen LogP contribution < -0.4 is 10.1 Å². The van der Waals surface area contributed by atoms with E-state index in [1.54, 1.807) is 38.3 Å². The number of hydrogen-bond acceptors (Lipinski definition) is 3. The minimum absolute atomic E-state index is 0.250. The molecule has 0 fully saturated rings. The topological polar surface area (TPSA) is 58.6 Å². The second-order valence-corrected chi connectivity index (χ2v) is 5.62. The van der Waals surface area contributed by atoms with Gasteiger partial charge in [0.25, 0.3) is 5.91 Å². The number of methoxy groups -OCH3 is 1. The number of fused-ring (bicyclic) bond motifs is 1. The van der Waals surface area contributed by atoms with Gasteiger partial charge in [0.05, 0.1) is 18.8 Å². The number of ether oxygens (including phenoxy) is 1. The highest BCUT2D eigenvalue weighted by Crippen LogP contribution is 2.30. The zero-order valence-corrected chi connectivity index (χ0v) is 13.6. The number of rotatable bonds is 4. The third-order valence-corrected chi connectivity index (χ3v) is 3.96. The highest BCUT2D eigenvalue weighted by atomic mass is 16.5. The van der Waals surface area contributed by atoms with Crippen molar-refractivity contribution in [1.29, 1.82) is 0 Å². The Labute approximate surface area is 140 Å². The Bertz CT molecular complexity index is 887. The summed E-state index contributed by atoms with van der Waals surface area (Å²) in [5, 5.41) is 14.4. The molecular weight excluding hydrogens is 302 g/mol. The number of amides is 1. The van der Waals surface area contributed by atoms with Crippen LogP contribution in [0.15, 0.2) is 60.7 Å². The van der Waals surface area contributed by atoms with Gasteiger partial charge in [0, 0.05) is 11.1 Å². The molecule has 3 aromatic carbocycles. The molecule has 1 amide bonds. The summed E-state index contributed by atoms with van der Waals surface area (Å²) >= 11 is 0. The van der Waals surface area contributed by atoms with E-state index in [4.69, 9.17) is 4.74 Å². The van der Waals surface area contributed by atoms with Crippen LogP contribution in [-0.2, 0) is 0 Å². The lowest BCUT2D eigenvalue weighted by atomic mass is 10.0. The second-order valence-electron chi connectivity index (χ2n) is 5.62. The van der Waals surface area contributed by atoms with E-state index >= 15 is 0 Å². The van der Waals surface area contributed by atoms with Gasteiger partial charge in [-0.15, -0.1) is 0 Å². The molecule has 0 spiro atoms. The molecule has 24 heavy (non-hydrogen) atoms. The first-order chi connectivity index (χ1) is 11.6. The van der Waals surface area contributed by atoms with Crippen LogP contribution in [0.3, 0.4) is 0 Å². The van der Waals surface area contributed by atoms with E-state index < -0.39 is 6.10 Å². The van der Waals surface area contributed by atoms with Crippen LogP contribution in [0.2, 0.25) is 0 Å². The van der Waals surface area contributed by atoms with Gasteiger partial charge in [-0.2, -0.15) is 0 Å². The smallest absolute Gasteiger partial charge is 0.259 e. The molecule has 4 heteroatoms. The maximum atomic E-state index is 12.7. The first-order valence-corrected chi connectivity index (χ1v) is 7.75. The van der Waals surface area contributed by atoms with Gasteiger partial charge < -0.3 is 15.2 Å². The lowest BCUT2D eigenvalue weighted by Gasteiger charge is -2.13. The second kappa shape index (κ2) is 6.72. The quantitative estimate of drug-likeness (QED) is 0.759. The summed E-state index contributed by atoms with van der Waals surface area (Å²) < 4.78 is 5.48. The van der Waals surface area contributed by atoms with Crippen molar-refractivity contribution in [3.8, 4) is 5.75 Å². The molecule has 0 aliphatic rings. The van der Waals surface area contributed by atoms with E-state index in [-0.39, 0.29) is 5.91 Å². The highest BCUT2D eigenvalue weighted by Gasteiger charge is 2.15. The van der Waals surface area contributed by atoms with Crippen LogP contribution in [0.4, 0.5) is 5.69 Å². The number of benzene rings is 3. The normalized spacial score (nSPS) is 12.0. The van der Waals surface area contributed by atoms with Crippen LogP contribution in [-0.4, -0.2) is 18.1 Å². The first-order valence-electron chi connectivity index (χ1n) is 7.75. The number of hydrogen-bond donors (Lipinski definition) is 2. The monoisotopic (exact) mass is 321 g/mol. The maximum Gasteiger partial charge on any atom is 0.259 e. The van der Waals surface area contributed by atoms with Crippen molar-refractivity contribution in [2.24, 2.45) is 0 Å². The lowest BCUT2D eigenvalue weighted by molar-refractivity contribution is 0.102. The molecule has 3 rings (SSSR count). The molecule has 1 unspecified atom stereocenters. The number of carbonyl (C=O) groups is 1. The van der Waals surface area contributed by atoms with Crippen LogP contribution in [0.25, 0.3) is 10.8 Å². The summed E-state index contributed by atoms with van der Waals surface area (Å²) in [7, 11) is 1.56. The number of aliphatic hydroxyl groups is 1. The largest absolute Gasteiger partial charge is 0.495 e.